The number of nitrogens with zero attached hydrogens (tertiary/aromatic N) is 2. The van der Waals surface area contributed by atoms with E-state index in [4.69, 9.17) is 9.47 Å². The highest BCUT2D eigenvalue weighted by Crippen LogP contribution is 2.39. The molecule has 6 heteroatoms. The molecule has 1 aliphatic heterocycles. The van der Waals surface area contributed by atoms with Crippen molar-refractivity contribution in [3.63, 3.8) is 0 Å². The Hall–Kier alpha value is -3.67. The number of carbonyl (C=O) groups excluding carboxylic acids is 1. The van der Waals surface area contributed by atoms with Crippen LogP contribution in [0.4, 0.5) is 0 Å². The Kier molecular flexibility index (Phi) is 5.01. The van der Waals surface area contributed by atoms with Gasteiger partial charge in [-0.05, 0) is 36.8 Å². The number of nitrogens with one attached hydrogen (secondary N) is 1. The van der Waals surface area contributed by atoms with E-state index in [-0.39, 0.29) is 5.91 Å². The first-order valence-electron chi connectivity index (χ1n) is 8.94. The van der Waals surface area contributed by atoms with E-state index in [9.17, 15) is 4.79 Å². The minimum Gasteiger partial charge on any atom is -0.477 e. The normalized spacial score (nSPS) is 18.4. The third-order valence-corrected chi connectivity index (χ3v) is 4.45. The maximum atomic E-state index is 12.9. The molecular weight excluding hydrogens is 354 g/mol. The van der Waals surface area contributed by atoms with Crippen LogP contribution >= 0.6 is 0 Å². The molecule has 0 saturated carbocycles. The molecule has 2 atom stereocenters. The molecule has 0 radical (unpaired) electrons. The molecule has 1 N–H and O–H groups in total. The molecule has 0 fully saturated rings. The number of pyridine rings is 1. The third-order valence-electron chi connectivity index (χ3n) is 4.45. The summed E-state index contributed by atoms with van der Waals surface area (Å²) >= 11 is 0. The summed E-state index contributed by atoms with van der Waals surface area (Å²) in [7, 11) is 0. The van der Waals surface area contributed by atoms with E-state index in [1.807, 2.05) is 67.6 Å². The Morgan fingerprint density at radius 2 is 1.57 bits per heavy atom. The number of benzene rings is 2. The predicted octanol–water partition coefficient (Wildman–Crippen LogP) is 3.50. The van der Waals surface area contributed by atoms with Gasteiger partial charge in [-0.1, -0.05) is 42.5 Å². The molecule has 0 unspecified atom stereocenters. The highest BCUT2D eigenvalue weighted by molar-refractivity contribution is 5.99. The Morgan fingerprint density at radius 3 is 2.29 bits per heavy atom. The molecule has 3 aromatic rings. The Bertz CT molecular complexity index is 990. The van der Waals surface area contributed by atoms with Crippen LogP contribution in [0.25, 0.3) is 0 Å². The molecule has 28 heavy (non-hydrogen) atoms. The Morgan fingerprint density at radius 1 is 0.929 bits per heavy atom. The first-order valence-corrected chi connectivity index (χ1v) is 8.94. The lowest BCUT2D eigenvalue weighted by molar-refractivity contribution is -0.134. The van der Waals surface area contributed by atoms with Gasteiger partial charge in [0.25, 0.3) is 5.91 Å². The van der Waals surface area contributed by atoms with Gasteiger partial charge in [-0.15, -0.1) is 0 Å². The minimum absolute atomic E-state index is 0.378. The lowest BCUT2D eigenvalue weighted by Gasteiger charge is -2.33. The molecule has 0 bridgehead atoms. The van der Waals surface area contributed by atoms with Crippen molar-refractivity contribution in [1.82, 2.24) is 10.4 Å². The van der Waals surface area contributed by atoms with Gasteiger partial charge in [-0.3, -0.25) is 9.78 Å². The number of hydrogen-bond donors (Lipinski definition) is 1. The molecule has 2 heterocycles. The fourth-order valence-electron chi connectivity index (χ4n) is 2.98. The SMILES string of the molecule is C/C(=N/NC(=O)[C@@H]1Oc2ccccc2O[C@@H]1c1ccccc1)c1ccncc1. The lowest BCUT2D eigenvalue weighted by Crippen LogP contribution is -2.44. The van der Waals surface area contributed by atoms with Crippen molar-refractivity contribution >= 4 is 11.6 Å². The van der Waals surface area contributed by atoms with Gasteiger partial charge in [0, 0.05) is 18.0 Å². The van der Waals surface area contributed by atoms with Crippen LogP contribution in [0.15, 0.2) is 84.2 Å². The van der Waals surface area contributed by atoms with Crippen molar-refractivity contribution < 1.29 is 14.3 Å². The van der Waals surface area contributed by atoms with Crippen LogP contribution in [-0.4, -0.2) is 22.7 Å². The number of ether oxygens (including phenoxy) is 2. The van der Waals surface area contributed by atoms with Gasteiger partial charge in [0.2, 0.25) is 6.10 Å². The minimum atomic E-state index is -0.869. The van der Waals surface area contributed by atoms with Crippen LogP contribution in [0.3, 0.4) is 0 Å². The van der Waals surface area contributed by atoms with Crippen molar-refractivity contribution in [2.75, 3.05) is 0 Å². The van der Waals surface area contributed by atoms with E-state index >= 15 is 0 Å². The number of rotatable bonds is 4. The Labute approximate surface area is 162 Å². The molecule has 1 aliphatic rings. The summed E-state index contributed by atoms with van der Waals surface area (Å²) in [6, 6.07) is 20.5. The Balaban J connectivity index is 1.59. The van der Waals surface area contributed by atoms with Crippen LogP contribution in [-0.2, 0) is 4.79 Å². The van der Waals surface area contributed by atoms with Crippen LogP contribution < -0.4 is 14.9 Å². The first kappa shape index (κ1) is 17.7. The number of amides is 1. The van der Waals surface area contributed by atoms with Crippen molar-refractivity contribution in [2.45, 2.75) is 19.1 Å². The van der Waals surface area contributed by atoms with Gasteiger partial charge >= 0.3 is 0 Å². The highest BCUT2D eigenvalue weighted by Gasteiger charge is 2.38. The summed E-state index contributed by atoms with van der Waals surface area (Å²) in [4.78, 5) is 16.9. The predicted molar refractivity (Wildman–Crippen MR) is 105 cm³/mol. The van der Waals surface area contributed by atoms with Gasteiger partial charge in [0.05, 0.1) is 5.71 Å². The monoisotopic (exact) mass is 373 g/mol. The third kappa shape index (κ3) is 3.71. The van der Waals surface area contributed by atoms with Gasteiger partial charge in [-0.25, -0.2) is 5.43 Å². The fraction of sp³-hybridized carbons (Fsp3) is 0.136. The highest BCUT2D eigenvalue weighted by atomic mass is 16.6. The zero-order valence-corrected chi connectivity index (χ0v) is 15.3. The van der Waals surface area contributed by atoms with Crippen molar-refractivity contribution in [1.29, 1.82) is 0 Å². The molecule has 4 rings (SSSR count). The number of fused-ring (bicyclic) bond motifs is 1. The van der Waals surface area contributed by atoms with Crippen molar-refractivity contribution in [2.24, 2.45) is 5.10 Å². The first-order chi connectivity index (χ1) is 13.7. The van der Waals surface area contributed by atoms with Gasteiger partial charge in [-0.2, -0.15) is 5.10 Å². The van der Waals surface area contributed by atoms with Crippen molar-refractivity contribution in [3.8, 4) is 11.5 Å². The summed E-state index contributed by atoms with van der Waals surface area (Å²) in [5.74, 6) is 0.762. The summed E-state index contributed by atoms with van der Waals surface area (Å²) in [6.07, 6.45) is 1.91. The van der Waals surface area contributed by atoms with Crippen molar-refractivity contribution in [3.05, 3.63) is 90.3 Å². The topological polar surface area (TPSA) is 72.8 Å². The molecule has 1 amide bonds. The van der Waals surface area contributed by atoms with Crippen LogP contribution in [0, 0.1) is 0 Å². The smallest absolute Gasteiger partial charge is 0.285 e. The quantitative estimate of drug-likeness (QED) is 0.561. The van der Waals surface area contributed by atoms with Gasteiger partial charge < -0.3 is 9.47 Å². The second-order valence-corrected chi connectivity index (χ2v) is 6.34. The summed E-state index contributed by atoms with van der Waals surface area (Å²) < 4.78 is 12.1. The number of carbonyl (C=O) groups is 1. The second-order valence-electron chi connectivity index (χ2n) is 6.34. The molecule has 2 aromatic carbocycles. The zero-order chi connectivity index (χ0) is 19.3. The number of hydrazone groups is 1. The van der Waals surface area contributed by atoms with Crippen LogP contribution in [0.2, 0.25) is 0 Å². The molecule has 1 aromatic heterocycles. The van der Waals surface area contributed by atoms with Crippen LogP contribution in [0.5, 0.6) is 11.5 Å². The van der Waals surface area contributed by atoms with E-state index < -0.39 is 12.2 Å². The van der Waals surface area contributed by atoms with E-state index in [1.54, 1.807) is 18.5 Å². The van der Waals surface area contributed by atoms with E-state index in [1.165, 1.54) is 0 Å². The number of para-hydroxylation sites is 2. The summed E-state index contributed by atoms with van der Waals surface area (Å²) in [5, 5.41) is 4.21. The molecule has 0 spiro atoms. The summed E-state index contributed by atoms with van der Waals surface area (Å²) in [5.41, 5.74) is 5.00. The fourth-order valence-corrected chi connectivity index (χ4v) is 2.98. The average molecular weight is 373 g/mol. The van der Waals surface area contributed by atoms with E-state index in [0.29, 0.717) is 17.2 Å². The number of aromatic nitrogens is 1. The molecule has 0 saturated heterocycles. The van der Waals surface area contributed by atoms with Gasteiger partial charge in [0.15, 0.2) is 17.6 Å². The molecule has 140 valence electrons. The van der Waals surface area contributed by atoms with Crippen LogP contribution in [0.1, 0.15) is 24.2 Å². The van der Waals surface area contributed by atoms with E-state index in [2.05, 4.69) is 15.5 Å². The standard InChI is InChI=1S/C22H19N3O3/c1-15(16-11-13-23-14-12-16)24-25-22(26)21-20(17-7-3-2-4-8-17)27-18-9-5-6-10-19(18)28-21/h2-14,20-21H,1H3,(H,25,26)/b24-15-/t20-,21-/m1/s1. The lowest BCUT2D eigenvalue weighted by atomic mass is 10.0. The molecular formula is C22H19N3O3. The largest absolute Gasteiger partial charge is 0.477 e. The zero-order valence-electron chi connectivity index (χ0n) is 15.3. The molecule has 6 nitrogen and oxygen atoms in total. The summed E-state index contributed by atoms with van der Waals surface area (Å²) in [6.45, 7) is 1.82. The maximum Gasteiger partial charge on any atom is 0.285 e. The average Bonchev–Trinajstić information content (AvgIpc) is 2.77. The van der Waals surface area contributed by atoms with E-state index in [0.717, 1.165) is 11.1 Å². The second kappa shape index (κ2) is 7.92. The molecule has 0 aliphatic carbocycles. The van der Waals surface area contributed by atoms with Gasteiger partial charge in [0.1, 0.15) is 0 Å². The maximum absolute atomic E-state index is 12.9. The number of hydrogen-bond acceptors (Lipinski definition) is 5.